The molecule has 0 aliphatic carbocycles. The zero-order valence-corrected chi connectivity index (χ0v) is 12.2. The average Bonchev–Trinajstić information content (AvgIpc) is 2.34. The lowest BCUT2D eigenvalue weighted by molar-refractivity contribution is 0.0697. The van der Waals surface area contributed by atoms with Gasteiger partial charge in [0, 0.05) is 21.3 Å². The number of nitrogens with zero attached hydrogens (tertiary/aromatic N) is 1. The lowest BCUT2D eigenvalue weighted by Gasteiger charge is -2.12. The summed E-state index contributed by atoms with van der Waals surface area (Å²) >= 11 is 6.82. The van der Waals surface area contributed by atoms with Gasteiger partial charge in [-0.1, -0.05) is 6.07 Å². The molecule has 0 spiro atoms. The van der Waals surface area contributed by atoms with Crippen LogP contribution in [0.2, 0.25) is 0 Å². The van der Waals surface area contributed by atoms with Crippen LogP contribution in [0.1, 0.15) is 10.4 Å². The van der Waals surface area contributed by atoms with E-state index in [-0.39, 0.29) is 5.56 Å². The van der Waals surface area contributed by atoms with E-state index in [0.29, 0.717) is 5.69 Å². The summed E-state index contributed by atoms with van der Waals surface area (Å²) in [4.78, 5) is 14.9. The normalized spacial score (nSPS) is 10.1. The van der Waals surface area contributed by atoms with Gasteiger partial charge in [0.1, 0.15) is 5.56 Å². The van der Waals surface area contributed by atoms with E-state index in [1.165, 1.54) is 6.20 Å². The number of halogens is 2. The Kier molecular flexibility index (Phi) is 3.98. The second kappa shape index (κ2) is 5.49. The Hall–Kier alpha value is -1.40. The molecule has 0 saturated heterocycles. The monoisotopic (exact) mass is 370 g/mol. The van der Waals surface area contributed by atoms with E-state index in [4.69, 9.17) is 5.11 Å². The van der Waals surface area contributed by atoms with Crippen LogP contribution in [0.5, 0.6) is 0 Å². The van der Waals surface area contributed by atoms with Crippen molar-refractivity contribution >= 4 is 49.2 Å². The molecule has 4 nitrogen and oxygen atoms in total. The molecule has 0 unspecified atom stereocenters. The van der Waals surface area contributed by atoms with Gasteiger partial charge in [0.25, 0.3) is 0 Å². The standard InChI is InChI=1S/C12H8Br2N2O2/c13-8-2-1-3-9(14)11(8)16-10-4-5-15-6-7(10)12(17)18/h1-6H,(H,15,16)(H,17,18). The van der Waals surface area contributed by atoms with Crippen molar-refractivity contribution in [2.24, 2.45) is 0 Å². The topological polar surface area (TPSA) is 62.2 Å². The Morgan fingerprint density at radius 3 is 2.50 bits per heavy atom. The minimum absolute atomic E-state index is 0.125. The summed E-state index contributed by atoms with van der Waals surface area (Å²) in [6, 6.07) is 7.24. The van der Waals surface area contributed by atoms with E-state index in [0.717, 1.165) is 14.6 Å². The first kappa shape index (κ1) is 13.0. The van der Waals surface area contributed by atoms with Gasteiger partial charge in [-0.3, -0.25) is 4.98 Å². The number of hydrogen-bond acceptors (Lipinski definition) is 3. The molecule has 1 aromatic carbocycles. The quantitative estimate of drug-likeness (QED) is 0.854. The van der Waals surface area contributed by atoms with Gasteiger partial charge in [-0.25, -0.2) is 4.79 Å². The molecule has 0 aliphatic heterocycles. The van der Waals surface area contributed by atoms with E-state index in [1.807, 2.05) is 18.2 Å². The van der Waals surface area contributed by atoms with Gasteiger partial charge < -0.3 is 10.4 Å². The highest BCUT2D eigenvalue weighted by Gasteiger charge is 2.12. The number of hydrogen-bond donors (Lipinski definition) is 2. The fourth-order valence-electron chi connectivity index (χ4n) is 1.43. The predicted octanol–water partition coefficient (Wildman–Crippen LogP) is 4.05. The van der Waals surface area contributed by atoms with Gasteiger partial charge in [-0.2, -0.15) is 0 Å². The zero-order chi connectivity index (χ0) is 13.1. The number of pyridine rings is 1. The van der Waals surface area contributed by atoms with Crippen LogP contribution in [0.15, 0.2) is 45.6 Å². The smallest absolute Gasteiger partial charge is 0.339 e. The molecule has 18 heavy (non-hydrogen) atoms. The Morgan fingerprint density at radius 2 is 1.89 bits per heavy atom. The molecule has 2 aromatic rings. The summed E-state index contributed by atoms with van der Waals surface area (Å²) in [5.41, 5.74) is 1.39. The zero-order valence-electron chi connectivity index (χ0n) is 9.02. The molecule has 6 heteroatoms. The molecule has 0 fully saturated rings. The van der Waals surface area contributed by atoms with Gasteiger partial charge >= 0.3 is 5.97 Å². The summed E-state index contributed by atoms with van der Waals surface area (Å²) in [6.45, 7) is 0. The van der Waals surface area contributed by atoms with Crippen molar-refractivity contribution in [2.45, 2.75) is 0 Å². The molecular formula is C12H8Br2N2O2. The van der Waals surface area contributed by atoms with E-state index in [1.54, 1.807) is 12.3 Å². The molecule has 1 aromatic heterocycles. The number of aromatic nitrogens is 1. The molecule has 2 N–H and O–H groups in total. The molecule has 1 heterocycles. The molecule has 0 amide bonds. The van der Waals surface area contributed by atoms with Crippen LogP contribution in [0.25, 0.3) is 0 Å². The molecule has 0 bridgehead atoms. The first-order valence-corrected chi connectivity index (χ1v) is 6.56. The van der Waals surface area contributed by atoms with Crippen molar-refractivity contribution in [1.82, 2.24) is 4.98 Å². The highest BCUT2D eigenvalue weighted by molar-refractivity contribution is 9.11. The van der Waals surface area contributed by atoms with E-state index in [2.05, 4.69) is 42.2 Å². The third-order valence-corrected chi connectivity index (χ3v) is 3.60. The highest BCUT2D eigenvalue weighted by atomic mass is 79.9. The second-order valence-corrected chi connectivity index (χ2v) is 5.16. The van der Waals surface area contributed by atoms with Gasteiger partial charge in [-0.15, -0.1) is 0 Å². The van der Waals surface area contributed by atoms with Gasteiger partial charge in [-0.05, 0) is 50.1 Å². The molecular weight excluding hydrogens is 364 g/mol. The summed E-state index contributed by atoms with van der Waals surface area (Å²) in [7, 11) is 0. The van der Waals surface area contributed by atoms with Crippen molar-refractivity contribution < 1.29 is 9.90 Å². The van der Waals surface area contributed by atoms with Crippen LogP contribution in [0.3, 0.4) is 0 Å². The van der Waals surface area contributed by atoms with Gasteiger partial charge in [0.15, 0.2) is 0 Å². The summed E-state index contributed by atoms with van der Waals surface area (Å²) in [5, 5.41) is 12.2. The number of rotatable bonds is 3. The number of anilines is 2. The molecule has 0 aliphatic rings. The number of carbonyl (C=O) groups is 1. The van der Waals surface area contributed by atoms with E-state index in [9.17, 15) is 4.79 Å². The number of nitrogens with one attached hydrogen (secondary N) is 1. The van der Waals surface area contributed by atoms with Crippen LogP contribution < -0.4 is 5.32 Å². The van der Waals surface area contributed by atoms with Gasteiger partial charge in [0.05, 0.1) is 11.4 Å². The van der Waals surface area contributed by atoms with Crippen molar-refractivity contribution in [3.8, 4) is 0 Å². The SMILES string of the molecule is O=C(O)c1cnccc1Nc1c(Br)cccc1Br. The first-order chi connectivity index (χ1) is 8.59. The van der Waals surface area contributed by atoms with Crippen LogP contribution in [-0.2, 0) is 0 Å². The molecule has 0 saturated carbocycles. The molecule has 92 valence electrons. The molecule has 0 radical (unpaired) electrons. The Morgan fingerprint density at radius 1 is 1.22 bits per heavy atom. The van der Waals surface area contributed by atoms with Crippen molar-refractivity contribution in [3.63, 3.8) is 0 Å². The number of carboxylic acid groups (broad SMARTS) is 1. The van der Waals surface area contributed by atoms with Crippen molar-refractivity contribution in [1.29, 1.82) is 0 Å². The average molecular weight is 372 g/mol. The van der Waals surface area contributed by atoms with Crippen LogP contribution in [0.4, 0.5) is 11.4 Å². The lowest BCUT2D eigenvalue weighted by Crippen LogP contribution is -2.03. The Balaban J connectivity index is 2.43. The number of para-hydroxylation sites is 1. The lowest BCUT2D eigenvalue weighted by atomic mass is 10.2. The van der Waals surface area contributed by atoms with Crippen LogP contribution >= 0.6 is 31.9 Å². The van der Waals surface area contributed by atoms with Crippen molar-refractivity contribution in [2.75, 3.05) is 5.32 Å². The van der Waals surface area contributed by atoms with Crippen molar-refractivity contribution in [3.05, 3.63) is 51.2 Å². The molecule has 0 atom stereocenters. The first-order valence-electron chi connectivity index (χ1n) is 4.98. The maximum absolute atomic E-state index is 11.1. The highest BCUT2D eigenvalue weighted by Crippen LogP contribution is 2.33. The Bertz CT molecular complexity index is 582. The summed E-state index contributed by atoms with van der Waals surface area (Å²) in [5.74, 6) is -1.02. The molecule has 2 rings (SSSR count). The summed E-state index contributed by atoms with van der Waals surface area (Å²) < 4.78 is 1.68. The van der Waals surface area contributed by atoms with Gasteiger partial charge in [0.2, 0.25) is 0 Å². The summed E-state index contributed by atoms with van der Waals surface area (Å²) in [6.07, 6.45) is 2.86. The Labute approximate surface area is 120 Å². The van der Waals surface area contributed by atoms with Crippen LogP contribution in [-0.4, -0.2) is 16.1 Å². The maximum atomic E-state index is 11.1. The fourth-order valence-corrected chi connectivity index (χ4v) is 2.62. The van der Waals surface area contributed by atoms with E-state index < -0.39 is 5.97 Å². The minimum Gasteiger partial charge on any atom is -0.478 e. The third kappa shape index (κ3) is 2.70. The fraction of sp³-hybridized carbons (Fsp3) is 0. The third-order valence-electron chi connectivity index (χ3n) is 2.27. The largest absolute Gasteiger partial charge is 0.478 e. The second-order valence-electron chi connectivity index (χ2n) is 3.45. The minimum atomic E-state index is -1.02. The number of benzene rings is 1. The van der Waals surface area contributed by atoms with Crippen LogP contribution in [0, 0.1) is 0 Å². The predicted molar refractivity (Wildman–Crippen MR) is 76.3 cm³/mol. The number of aromatic carboxylic acids is 1. The van der Waals surface area contributed by atoms with E-state index >= 15 is 0 Å². The maximum Gasteiger partial charge on any atom is 0.339 e. The number of carboxylic acids is 1.